The van der Waals surface area contributed by atoms with Crippen molar-refractivity contribution in [1.82, 2.24) is 0 Å². The smallest absolute Gasteiger partial charge is 0.157 e. The van der Waals surface area contributed by atoms with E-state index in [0.29, 0.717) is 6.42 Å². The van der Waals surface area contributed by atoms with Gasteiger partial charge in [0.1, 0.15) is 0 Å². The normalized spacial score (nSPS) is 11.8. The van der Waals surface area contributed by atoms with E-state index in [1.165, 1.54) is 15.9 Å². The molecule has 2 heteroatoms. The van der Waals surface area contributed by atoms with Gasteiger partial charge >= 0.3 is 0 Å². The lowest BCUT2D eigenvalue weighted by atomic mass is 9.90. The molecule has 0 amide bonds. The van der Waals surface area contributed by atoms with Crippen molar-refractivity contribution in [3.8, 4) is 0 Å². The zero-order valence-electron chi connectivity index (χ0n) is 16.3. The quantitative estimate of drug-likeness (QED) is 0.587. The minimum atomic E-state index is -2.17. The maximum atomic E-state index is 13.2. The van der Waals surface area contributed by atoms with E-state index in [4.69, 9.17) is 0 Å². The molecule has 3 aromatic carbocycles. The molecule has 0 aliphatic rings. The molecule has 0 heterocycles. The zero-order valence-corrected chi connectivity index (χ0v) is 17.2. The molecule has 0 aromatic heterocycles. The largest absolute Gasteiger partial charge is 0.295 e. The number of hydrogen-bond donors (Lipinski definition) is 0. The highest BCUT2D eigenvalue weighted by atomic mass is 31.2. The van der Waals surface area contributed by atoms with Crippen LogP contribution in [-0.4, -0.2) is 11.6 Å². The molecule has 3 rings (SSSR count). The highest BCUT2D eigenvalue weighted by Crippen LogP contribution is 2.43. The number of carbonyl (C=O) groups is 1. The molecule has 0 bridgehead atoms. The Balaban J connectivity index is 2.35. The van der Waals surface area contributed by atoms with Gasteiger partial charge in [0.2, 0.25) is 0 Å². The van der Waals surface area contributed by atoms with E-state index in [1.807, 2.05) is 24.0 Å². The summed E-state index contributed by atoms with van der Waals surface area (Å²) in [4.78, 5) is 13.2. The van der Waals surface area contributed by atoms with Crippen LogP contribution in [0.4, 0.5) is 0 Å². The highest BCUT2D eigenvalue weighted by Gasteiger charge is 2.27. The Hall–Kier alpha value is -2.37. The Bertz CT molecular complexity index is 832. The first-order valence-electron chi connectivity index (χ1n) is 9.36. The molecule has 0 aliphatic carbocycles. The second-order valence-corrected chi connectivity index (χ2v) is 11.3. The fourth-order valence-corrected chi connectivity index (χ4v) is 7.24. The summed E-state index contributed by atoms with van der Waals surface area (Å²) in [6, 6.07) is 31.5. The average molecular weight is 374 g/mol. The second kappa shape index (κ2) is 8.11. The molecule has 0 atom stereocenters. The summed E-state index contributed by atoms with van der Waals surface area (Å²) in [7, 11) is 0. The lowest BCUT2D eigenvalue weighted by Gasteiger charge is -2.29. The van der Waals surface area contributed by atoms with Gasteiger partial charge in [-0.3, -0.25) is 4.79 Å². The number of hydrogen-bond acceptors (Lipinski definition) is 1. The fraction of sp³-hybridized carbons (Fsp3) is 0.200. The SMILES string of the molecule is CC(C)(C)CC(=O)C=P(c1ccccc1)(c1ccccc1)c1ccccc1. The topological polar surface area (TPSA) is 17.1 Å². The molecule has 0 radical (unpaired) electrons. The molecule has 0 fully saturated rings. The first-order valence-corrected chi connectivity index (χ1v) is 11.2. The third-order valence-corrected chi connectivity index (χ3v) is 8.55. The monoisotopic (exact) mass is 374 g/mol. The van der Waals surface area contributed by atoms with Crippen LogP contribution in [0.15, 0.2) is 91.0 Å². The molecule has 0 saturated heterocycles. The Morgan fingerprint density at radius 3 is 1.33 bits per heavy atom. The third-order valence-electron chi connectivity index (χ3n) is 4.53. The summed E-state index contributed by atoms with van der Waals surface area (Å²) in [6.07, 6.45) is 0.543. The van der Waals surface area contributed by atoms with Gasteiger partial charge in [-0.2, -0.15) is 0 Å². The molecular weight excluding hydrogens is 347 g/mol. The van der Waals surface area contributed by atoms with Crippen molar-refractivity contribution in [2.75, 3.05) is 0 Å². The minimum absolute atomic E-state index is 0.0344. The van der Waals surface area contributed by atoms with Crippen LogP contribution in [0.2, 0.25) is 0 Å². The van der Waals surface area contributed by atoms with Gasteiger partial charge in [0.15, 0.2) is 5.78 Å². The molecule has 0 aliphatic heterocycles. The molecule has 0 spiro atoms. The van der Waals surface area contributed by atoms with Gasteiger partial charge in [-0.05, 0) is 34.0 Å². The molecule has 138 valence electrons. The van der Waals surface area contributed by atoms with Crippen LogP contribution in [0.5, 0.6) is 0 Å². The van der Waals surface area contributed by atoms with Crippen LogP contribution in [0.3, 0.4) is 0 Å². The molecule has 27 heavy (non-hydrogen) atoms. The molecule has 0 N–H and O–H groups in total. The predicted molar refractivity (Wildman–Crippen MR) is 120 cm³/mol. The van der Waals surface area contributed by atoms with Gasteiger partial charge in [-0.15, -0.1) is 0 Å². The highest BCUT2D eigenvalue weighted by molar-refractivity contribution is 7.95. The lowest BCUT2D eigenvalue weighted by molar-refractivity contribution is -0.113. The number of benzene rings is 3. The van der Waals surface area contributed by atoms with Gasteiger partial charge in [0, 0.05) is 6.42 Å². The number of ketones is 1. The van der Waals surface area contributed by atoms with Crippen LogP contribution < -0.4 is 15.9 Å². The summed E-state index contributed by atoms with van der Waals surface area (Å²) < 4.78 is 0. The Morgan fingerprint density at radius 1 is 0.704 bits per heavy atom. The first-order chi connectivity index (χ1) is 12.9. The number of rotatable bonds is 5. The summed E-state index contributed by atoms with van der Waals surface area (Å²) in [6.45, 7) is 4.18. The molecule has 3 aromatic rings. The maximum absolute atomic E-state index is 13.2. The standard InChI is InChI=1S/C25H27OP/c1-25(2,3)19-21(26)20-27(22-13-7-4-8-14-22,23-15-9-5-10-16-23)24-17-11-6-12-18-24/h4-18,20H,19H2,1-3H3. The fourth-order valence-electron chi connectivity index (χ4n) is 3.44. The summed E-state index contributed by atoms with van der Waals surface area (Å²) in [5.41, 5.74) is -0.0344. The number of Topliss-reactive ketones (excluding diaryl/α,β-unsaturated/α-hetero) is 1. The van der Waals surface area contributed by atoms with E-state index < -0.39 is 6.89 Å². The Labute approximate surface area is 163 Å². The van der Waals surface area contributed by atoms with Crippen LogP contribution in [-0.2, 0) is 4.79 Å². The van der Waals surface area contributed by atoms with E-state index >= 15 is 0 Å². The van der Waals surface area contributed by atoms with Crippen molar-refractivity contribution in [3.63, 3.8) is 0 Å². The first kappa shape index (κ1) is 19.4. The van der Waals surface area contributed by atoms with Gasteiger partial charge in [0.05, 0.1) is 0 Å². The molecule has 0 unspecified atom stereocenters. The van der Waals surface area contributed by atoms with E-state index in [1.54, 1.807) is 0 Å². The van der Waals surface area contributed by atoms with E-state index in [2.05, 4.69) is 93.6 Å². The van der Waals surface area contributed by atoms with Crippen molar-refractivity contribution >= 4 is 34.4 Å². The zero-order chi connectivity index (χ0) is 19.3. The van der Waals surface area contributed by atoms with Crippen molar-refractivity contribution in [3.05, 3.63) is 91.0 Å². The number of carbonyl (C=O) groups excluding carboxylic acids is 1. The lowest BCUT2D eigenvalue weighted by Crippen LogP contribution is -2.29. The average Bonchev–Trinajstić information content (AvgIpc) is 2.67. The van der Waals surface area contributed by atoms with Crippen LogP contribution in [0, 0.1) is 5.41 Å². The maximum Gasteiger partial charge on any atom is 0.157 e. The van der Waals surface area contributed by atoms with Crippen LogP contribution in [0.25, 0.3) is 0 Å². The van der Waals surface area contributed by atoms with Crippen LogP contribution >= 0.6 is 6.89 Å². The van der Waals surface area contributed by atoms with E-state index in [9.17, 15) is 4.79 Å². The van der Waals surface area contributed by atoms with Gasteiger partial charge in [0.25, 0.3) is 0 Å². The summed E-state index contributed by atoms with van der Waals surface area (Å²) in [5.74, 6) is 2.26. The summed E-state index contributed by atoms with van der Waals surface area (Å²) >= 11 is 0. The van der Waals surface area contributed by atoms with Gasteiger partial charge in [-0.25, -0.2) is 0 Å². The van der Waals surface area contributed by atoms with E-state index in [0.717, 1.165) is 0 Å². The molecular formula is C25H27OP. The molecule has 0 saturated carbocycles. The molecule has 1 nitrogen and oxygen atoms in total. The predicted octanol–water partition coefficient (Wildman–Crippen LogP) is 4.79. The van der Waals surface area contributed by atoms with E-state index in [-0.39, 0.29) is 11.2 Å². The van der Waals surface area contributed by atoms with Crippen LogP contribution in [0.1, 0.15) is 27.2 Å². The minimum Gasteiger partial charge on any atom is -0.295 e. The van der Waals surface area contributed by atoms with Gasteiger partial charge < -0.3 is 0 Å². The Morgan fingerprint density at radius 2 is 1.04 bits per heavy atom. The van der Waals surface area contributed by atoms with Crippen molar-refractivity contribution in [2.45, 2.75) is 27.2 Å². The van der Waals surface area contributed by atoms with Gasteiger partial charge in [-0.1, -0.05) is 112 Å². The second-order valence-electron chi connectivity index (χ2n) is 8.06. The van der Waals surface area contributed by atoms with Crippen molar-refractivity contribution in [1.29, 1.82) is 0 Å². The van der Waals surface area contributed by atoms with Crippen molar-refractivity contribution < 1.29 is 4.79 Å². The Kier molecular flexibility index (Phi) is 5.82. The third kappa shape index (κ3) is 4.49. The summed E-state index contributed by atoms with van der Waals surface area (Å²) in [5, 5.41) is 3.64. The van der Waals surface area contributed by atoms with Crippen molar-refractivity contribution in [2.24, 2.45) is 5.41 Å².